The van der Waals surface area contributed by atoms with Crippen molar-refractivity contribution in [3.8, 4) is 0 Å². The molecule has 82 valence electrons. The molecule has 0 unspecified atom stereocenters. The number of aliphatic hydroxyl groups is 1. The van der Waals surface area contributed by atoms with Gasteiger partial charge in [0.05, 0.1) is 17.7 Å². The van der Waals surface area contributed by atoms with Crippen molar-refractivity contribution >= 4 is 11.8 Å². The molecule has 3 N–H and O–H groups in total. The maximum absolute atomic E-state index is 10.6. The standard InChI is InChI=1S/C10H14N2O3/c1-10(2,6-13)12-8-4-3-7(5-11-8)9(14)15/h3-5,13H,6H2,1-2H3,(H,11,12)(H,14,15). The number of aromatic nitrogens is 1. The third-order valence-electron chi connectivity index (χ3n) is 1.87. The summed E-state index contributed by atoms with van der Waals surface area (Å²) in [6, 6.07) is 3.03. The SMILES string of the molecule is CC(C)(CO)Nc1ccc(C(=O)O)cn1. The molecule has 5 nitrogen and oxygen atoms in total. The molecule has 0 aliphatic carbocycles. The van der Waals surface area contributed by atoms with Crippen LogP contribution in [0.4, 0.5) is 5.82 Å². The molecule has 1 aromatic heterocycles. The Hall–Kier alpha value is -1.62. The highest BCUT2D eigenvalue weighted by molar-refractivity contribution is 5.87. The maximum Gasteiger partial charge on any atom is 0.337 e. The van der Waals surface area contributed by atoms with E-state index in [0.717, 1.165) is 0 Å². The van der Waals surface area contributed by atoms with E-state index < -0.39 is 11.5 Å². The lowest BCUT2D eigenvalue weighted by Gasteiger charge is -2.23. The fraction of sp³-hybridized carbons (Fsp3) is 0.400. The molecule has 0 amide bonds. The van der Waals surface area contributed by atoms with E-state index in [4.69, 9.17) is 10.2 Å². The lowest BCUT2D eigenvalue weighted by Crippen LogP contribution is -2.35. The minimum atomic E-state index is -1.00. The molecule has 0 saturated heterocycles. The number of nitrogens with one attached hydrogen (secondary N) is 1. The zero-order chi connectivity index (χ0) is 11.5. The van der Waals surface area contributed by atoms with Crippen LogP contribution in [0.25, 0.3) is 0 Å². The number of pyridine rings is 1. The molecule has 1 rings (SSSR count). The van der Waals surface area contributed by atoms with E-state index in [1.165, 1.54) is 12.3 Å². The molecule has 5 heteroatoms. The molecule has 0 aliphatic rings. The van der Waals surface area contributed by atoms with Crippen LogP contribution >= 0.6 is 0 Å². The van der Waals surface area contributed by atoms with Crippen molar-refractivity contribution in [3.63, 3.8) is 0 Å². The van der Waals surface area contributed by atoms with Crippen molar-refractivity contribution < 1.29 is 15.0 Å². The van der Waals surface area contributed by atoms with Crippen molar-refractivity contribution in [1.29, 1.82) is 0 Å². The first-order valence-corrected chi connectivity index (χ1v) is 4.53. The number of rotatable bonds is 4. The summed E-state index contributed by atoms with van der Waals surface area (Å²) < 4.78 is 0. The summed E-state index contributed by atoms with van der Waals surface area (Å²) in [4.78, 5) is 14.5. The average molecular weight is 210 g/mol. The molecule has 1 heterocycles. The lowest BCUT2D eigenvalue weighted by atomic mass is 10.1. The van der Waals surface area contributed by atoms with Gasteiger partial charge in [-0.25, -0.2) is 9.78 Å². The van der Waals surface area contributed by atoms with E-state index in [2.05, 4.69) is 10.3 Å². The van der Waals surface area contributed by atoms with E-state index in [1.54, 1.807) is 6.07 Å². The van der Waals surface area contributed by atoms with Crippen LogP contribution in [0, 0.1) is 0 Å². The van der Waals surface area contributed by atoms with Crippen molar-refractivity contribution in [1.82, 2.24) is 4.98 Å². The van der Waals surface area contributed by atoms with Crippen LogP contribution in [-0.2, 0) is 0 Å². The van der Waals surface area contributed by atoms with Gasteiger partial charge in [0.15, 0.2) is 0 Å². The van der Waals surface area contributed by atoms with Gasteiger partial charge in [-0.1, -0.05) is 0 Å². The Bertz CT molecular complexity index is 346. The molecule has 0 saturated carbocycles. The number of carboxylic acids is 1. The quantitative estimate of drug-likeness (QED) is 0.689. The minimum absolute atomic E-state index is 0.0324. The first kappa shape index (κ1) is 11.5. The van der Waals surface area contributed by atoms with Crippen molar-refractivity contribution in [2.24, 2.45) is 0 Å². The van der Waals surface area contributed by atoms with Gasteiger partial charge >= 0.3 is 5.97 Å². The Balaban J connectivity index is 2.77. The zero-order valence-electron chi connectivity index (χ0n) is 8.69. The molecule has 0 spiro atoms. The number of aromatic carboxylic acids is 1. The van der Waals surface area contributed by atoms with Crippen LogP contribution in [0.1, 0.15) is 24.2 Å². The highest BCUT2D eigenvalue weighted by Gasteiger charge is 2.16. The van der Waals surface area contributed by atoms with Gasteiger partial charge in [-0.2, -0.15) is 0 Å². The van der Waals surface area contributed by atoms with E-state index in [1.807, 2.05) is 13.8 Å². The smallest absolute Gasteiger partial charge is 0.337 e. The average Bonchev–Trinajstić information content (AvgIpc) is 2.18. The highest BCUT2D eigenvalue weighted by Crippen LogP contribution is 2.12. The number of aliphatic hydroxyl groups excluding tert-OH is 1. The molecule has 0 aromatic carbocycles. The molecular formula is C10H14N2O3. The number of carboxylic acid groups (broad SMARTS) is 1. The molecule has 0 fully saturated rings. The van der Waals surface area contributed by atoms with E-state index >= 15 is 0 Å². The molecule has 1 aromatic rings. The van der Waals surface area contributed by atoms with Crippen LogP contribution in [0.15, 0.2) is 18.3 Å². The number of anilines is 1. The molecule has 0 radical (unpaired) electrons. The predicted molar refractivity (Wildman–Crippen MR) is 56.0 cm³/mol. The second-order valence-electron chi connectivity index (χ2n) is 3.90. The predicted octanol–water partition coefficient (Wildman–Crippen LogP) is 0.963. The monoisotopic (exact) mass is 210 g/mol. The second kappa shape index (κ2) is 4.27. The fourth-order valence-electron chi connectivity index (χ4n) is 0.981. The Morgan fingerprint density at radius 1 is 1.53 bits per heavy atom. The maximum atomic E-state index is 10.6. The molecule has 0 aliphatic heterocycles. The van der Waals surface area contributed by atoms with Crippen molar-refractivity contribution in [2.75, 3.05) is 11.9 Å². The van der Waals surface area contributed by atoms with Crippen LogP contribution in [-0.4, -0.2) is 33.3 Å². The van der Waals surface area contributed by atoms with E-state index in [-0.39, 0.29) is 12.2 Å². The van der Waals surface area contributed by atoms with Gasteiger partial charge in [0.1, 0.15) is 5.82 Å². The Morgan fingerprint density at radius 2 is 2.20 bits per heavy atom. The molecule has 0 atom stereocenters. The Morgan fingerprint density at radius 3 is 2.60 bits per heavy atom. The topological polar surface area (TPSA) is 82.5 Å². The molecule has 0 bridgehead atoms. The first-order chi connectivity index (χ1) is 6.94. The van der Waals surface area contributed by atoms with Gasteiger partial charge in [-0.05, 0) is 26.0 Å². The summed E-state index contributed by atoms with van der Waals surface area (Å²) in [5.41, 5.74) is -0.333. The van der Waals surface area contributed by atoms with Gasteiger partial charge in [-0.15, -0.1) is 0 Å². The van der Waals surface area contributed by atoms with Crippen LogP contribution < -0.4 is 5.32 Å². The summed E-state index contributed by atoms with van der Waals surface area (Å²) in [5.74, 6) is -0.463. The fourth-order valence-corrected chi connectivity index (χ4v) is 0.981. The first-order valence-electron chi connectivity index (χ1n) is 4.53. The third-order valence-corrected chi connectivity index (χ3v) is 1.87. The Labute approximate surface area is 87.8 Å². The minimum Gasteiger partial charge on any atom is -0.478 e. The van der Waals surface area contributed by atoms with Crippen LogP contribution in [0.5, 0.6) is 0 Å². The Kier molecular flexibility index (Phi) is 3.26. The zero-order valence-corrected chi connectivity index (χ0v) is 8.69. The number of carbonyl (C=O) groups is 1. The molecular weight excluding hydrogens is 196 g/mol. The van der Waals surface area contributed by atoms with Gasteiger partial charge in [0.25, 0.3) is 0 Å². The van der Waals surface area contributed by atoms with Gasteiger partial charge in [0, 0.05) is 6.20 Å². The van der Waals surface area contributed by atoms with E-state index in [0.29, 0.717) is 5.82 Å². The summed E-state index contributed by atoms with van der Waals surface area (Å²) in [6.07, 6.45) is 1.28. The summed E-state index contributed by atoms with van der Waals surface area (Å²) in [7, 11) is 0. The van der Waals surface area contributed by atoms with E-state index in [9.17, 15) is 4.79 Å². The normalized spacial score (nSPS) is 11.1. The largest absolute Gasteiger partial charge is 0.478 e. The van der Waals surface area contributed by atoms with Gasteiger partial charge < -0.3 is 15.5 Å². The van der Waals surface area contributed by atoms with Crippen molar-refractivity contribution in [2.45, 2.75) is 19.4 Å². The van der Waals surface area contributed by atoms with Crippen molar-refractivity contribution in [3.05, 3.63) is 23.9 Å². The number of hydrogen-bond acceptors (Lipinski definition) is 4. The van der Waals surface area contributed by atoms with Gasteiger partial charge in [0.2, 0.25) is 0 Å². The number of hydrogen-bond donors (Lipinski definition) is 3. The summed E-state index contributed by atoms with van der Waals surface area (Å²) in [6.45, 7) is 3.61. The van der Waals surface area contributed by atoms with Gasteiger partial charge in [-0.3, -0.25) is 0 Å². The molecule has 15 heavy (non-hydrogen) atoms. The highest BCUT2D eigenvalue weighted by atomic mass is 16.4. The van der Waals surface area contributed by atoms with Crippen LogP contribution in [0.2, 0.25) is 0 Å². The second-order valence-corrected chi connectivity index (χ2v) is 3.90. The van der Waals surface area contributed by atoms with Crippen LogP contribution in [0.3, 0.4) is 0 Å². The number of nitrogens with zero attached hydrogens (tertiary/aromatic N) is 1. The lowest BCUT2D eigenvalue weighted by molar-refractivity contribution is 0.0696. The third kappa shape index (κ3) is 3.21. The summed E-state index contributed by atoms with van der Waals surface area (Å²) >= 11 is 0. The summed E-state index contributed by atoms with van der Waals surface area (Å²) in [5, 5.41) is 20.6.